The van der Waals surface area contributed by atoms with Crippen molar-refractivity contribution in [1.29, 1.82) is 0 Å². The summed E-state index contributed by atoms with van der Waals surface area (Å²) in [6.45, 7) is 9.07. The molecule has 0 bridgehead atoms. The van der Waals surface area contributed by atoms with E-state index in [-0.39, 0.29) is 17.6 Å². The smallest absolute Gasteiger partial charge is 0.293 e. The van der Waals surface area contributed by atoms with Crippen molar-refractivity contribution in [2.24, 2.45) is 0 Å². The van der Waals surface area contributed by atoms with Gasteiger partial charge in [-0.05, 0) is 27.7 Å². The molecule has 1 unspecified atom stereocenters. The molecular weight excluding hydrogens is 218 g/mol. The SMILES string of the molecule is CCOCC(C)Nc1nccn(C(C)C)c1=O. The molecule has 0 saturated carbocycles. The standard InChI is InChI=1S/C12H21N3O2/c1-5-17-8-10(4)14-11-12(16)15(9(2)3)7-6-13-11/h6-7,9-10H,5,8H2,1-4H3,(H,13,14). The average Bonchev–Trinajstić information content (AvgIpc) is 2.28. The minimum Gasteiger partial charge on any atom is -0.380 e. The molecule has 5 heteroatoms. The Kier molecular flexibility index (Phi) is 5.15. The van der Waals surface area contributed by atoms with Gasteiger partial charge in [0.05, 0.1) is 6.61 Å². The fourth-order valence-corrected chi connectivity index (χ4v) is 1.50. The molecule has 0 spiro atoms. The molecule has 0 fully saturated rings. The Hall–Kier alpha value is -1.36. The lowest BCUT2D eigenvalue weighted by Gasteiger charge is -2.15. The molecule has 0 aliphatic carbocycles. The highest BCUT2D eigenvalue weighted by Gasteiger charge is 2.09. The van der Waals surface area contributed by atoms with Gasteiger partial charge in [0.2, 0.25) is 0 Å². The van der Waals surface area contributed by atoms with Gasteiger partial charge in [0, 0.05) is 31.1 Å². The van der Waals surface area contributed by atoms with E-state index in [1.807, 2.05) is 27.7 Å². The summed E-state index contributed by atoms with van der Waals surface area (Å²) >= 11 is 0. The van der Waals surface area contributed by atoms with Gasteiger partial charge in [-0.2, -0.15) is 0 Å². The molecule has 1 aromatic rings. The third-order valence-electron chi connectivity index (χ3n) is 2.38. The Labute approximate surface area is 102 Å². The van der Waals surface area contributed by atoms with Crippen molar-refractivity contribution in [2.45, 2.75) is 39.8 Å². The van der Waals surface area contributed by atoms with Crippen LogP contribution in [0.5, 0.6) is 0 Å². The van der Waals surface area contributed by atoms with E-state index in [2.05, 4.69) is 10.3 Å². The molecule has 1 N–H and O–H groups in total. The maximum absolute atomic E-state index is 12.0. The summed E-state index contributed by atoms with van der Waals surface area (Å²) in [5, 5.41) is 3.07. The molecule has 5 nitrogen and oxygen atoms in total. The van der Waals surface area contributed by atoms with Crippen molar-refractivity contribution >= 4 is 5.82 Å². The average molecular weight is 239 g/mol. The van der Waals surface area contributed by atoms with E-state index in [1.165, 1.54) is 0 Å². The molecular formula is C12H21N3O2. The molecule has 0 amide bonds. The molecule has 96 valence electrons. The lowest BCUT2D eigenvalue weighted by Crippen LogP contribution is -2.30. The Morgan fingerprint density at radius 2 is 2.18 bits per heavy atom. The van der Waals surface area contributed by atoms with E-state index < -0.39 is 0 Å². The van der Waals surface area contributed by atoms with Crippen molar-refractivity contribution in [3.8, 4) is 0 Å². The first-order chi connectivity index (χ1) is 8.06. The monoisotopic (exact) mass is 239 g/mol. The number of hydrogen-bond acceptors (Lipinski definition) is 4. The number of nitrogens with zero attached hydrogens (tertiary/aromatic N) is 2. The zero-order valence-corrected chi connectivity index (χ0v) is 10.9. The maximum Gasteiger partial charge on any atom is 0.293 e. The third-order valence-corrected chi connectivity index (χ3v) is 2.38. The molecule has 17 heavy (non-hydrogen) atoms. The summed E-state index contributed by atoms with van der Waals surface area (Å²) in [6, 6.07) is 0.200. The quantitative estimate of drug-likeness (QED) is 0.820. The summed E-state index contributed by atoms with van der Waals surface area (Å²) in [6.07, 6.45) is 3.34. The van der Waals surface area contributed by atoms with E-state index in [0.29, 0.717) is 19.0 Å². The zero-order chi connectivity index (χ0) is 12.8. The topological polar surface area (TPSA) is 56.1 Å². The molecule has 1 heterocycles. The van der Waals surface area contributed by atoms with Crippen molar-refractivity contribution in [2.75, 3.05) is 18.5 Å². The van der Waals surface area contributed by atoms with Crippen molar-refractivity contribution in [3.63, 3.8) is 0 Å². The van der Waals surface area contributed by atoms with Crippen LogP contribution in [0.25, 0.3) is 0 Å². The predicted molar refractivity (Wildman–Crippen MR) is 68.5 cm³/mol. The lowest BCUT2D eigenvalue weighted by atomic mass is 10.3. The summed E-state index contributed by atoms with van der Waals surface area (Å²) in [5.74, 6) is 0.383. The number of anilines is 1. The number of nitrogens with one attached hydrogen (secondary N) is 1. The second-order valence-electron chi connectivity index (χ2n) is 4.29. The molecule has 0 radical (unpaired) electrons. The van der Waals surface area contributed by atoms with Gasteiger partial charge in [0.1, 0.15) is 0 Å². The van der Waals surface area contributed by atoms with Gasteiger partial charge in [-0.15, -0.1) is 0 Å². The van der Waals surface area contributed by atoms with Crippen LogP contribution in [0.2, 0.25) is 0 Å². The Balaban J connectivity index is 2.78. The molecule has 1 aromatic heterocycles. The van der Waals surface area contributed by atoms with Gasteiger partial charge in [-0.25, -0.2) is 4.98 Å². The Morgan fingerprint density at radius 1 is 1.47 bits per heavy atom. The second kappa shape index (κ2) is 6.39. The summed E-state index contributed by atoms with van der Waals surface area (Å²) in [5.41, 5.74) is -0.0918. The van der Waals surface area contributed by atoms with Gasteiger partial charge in [-0.3, -0.25) is 4.79 Å². The van der Waals surface area contributed by atoms with Crippen LogP contribution in [-0.4, -0.2) is 28.8 Å². The van der Waals surface area contributed by atoms with E-state index >= 15 is 0 Å². The summed E-state index contributed by atoms with van der Waals surface area (Å²) in [4.78, 5) is 16.1. The summed E-state index contributed by atoms with van der Waals surface area (Å²) < 4.78 is 6.94. The van der Waals surface area contributed by atoms with Crippen LogP contribution in [-0.2, 0) is 4.74 Å². The van der Waals surface area contributed by atoms with Gasteiger partial charge in [0.15, 0.2) is 5.82 Å². The first kappa shape index (κ1) is 13.7. The van der Waals surface area contributed by atoms with Gasteiger partial charge >= 0.3 is 0 Å². The maximum atomic E-state index is 12.0. The van der Waals surface area contributed by atoms with Gasteiger partial charge in [0.25, 0.3) is 5.56 Å². The van der Waals surface area contributed by atoms with Crippen LogP contribution in [0.1, 0.15) is 33.7 Å². The fourth-order valence-electron chi connectivity index (χ4n) is 1.50. The number of aromatic nitrogens is 2. The molecule has 0 aromatic carbocycles. The van der Waals surface area contributed by atoms with E-state index in [1.54, 1.807) is 17.0 Å². The lowest BCUT2D eigenvalue weighted by molar-refractivity contribution is 0.141. The minimum atomic E-state index is -0.0918. The number of ether oxygens (including phenoxy) is 1. The molecule has 1 atom stereocenters. The van der Waals surface area contributed by atoms with Crippen LogP contribution < -0.4 is 10.9 Å². The highest BCUT2D eigenvalue weighted by molar-refractivity contribution is 5.32. The molecule has 0 aliphatic rings. The van der Waals surface area contributed by atoms with Crippen molar-refractivity contribution < 1.29 is 4.74 Å². The molecule has 0 saturated heterocycles. The van der Waals surface area contributed by atoms with Crippen LogP contribution in [0, 0.1) is 0 Å². The van der Waals surface area contributed by atoms with E-state index in [9.17, 15) is 4.79 Å². The van der Waals surface area contributed by atoms with Crippen LogP contribution in [0.3, 0.4) is 0 Å². The number of rotatable bonds is 6. The van der Waals surface area contributed by atoms with Crippen LogP contribution in [0.15, 0.2) is 17.2 Å². The zero-order valence-electron chi connectivity index (χ0n) is 10.9. The normalized spacial score (nSPS) is 12.8. The fraction of sp³-hybridized carbons (Fsp3) is 0.667. The first-order valence-electron chi connectivity index (χ1n) is 5.97. The first-order valence-corrected chi connectivity index (χ1v) is 5.97. The Bertz CT molecular complexity index is 401. The molecule has 1 rings (SSSR count). The predicted octanol–water partition coefficient (Wildman–Crippen LogP) is 1.66. The second-order valence-corrected chi connectivity index (χ2v) is 4.29. The van der Waals surface area contributed by atoms with Crippen LogP contribution in [0.4, 0.5) is 5.82 Å². The summed E-state index contributed by atoms with van der Waals surface area (Å²) in [7, 11) is 0. The van der Waals surface area contributed by atoms with Crippen molar-refractivity contribution in [3.05, 3.63) is 22.7 Å². The largest absolute Gasteiger partial charge is 0.380 e. The van der Waals surface area contributed by atoms with Crippen LogP contribution >= 0.6 is 0 Å². The minimum absolute atomic E-state index is 0.0677. The van der Waals surface area contributed by atoms with E-state index in [0.717, 1.165) is 0 Å². The Morgan fingerprint density at radius 3 is 2.76 bits per heavy atom. The third kappa shape index (κ3) is 3.85. The van der Waals surface area contributed by atoms with Crippen molar-refractivity contribution in [1.82, 2.24) is 9.55 Å². The van der Waals surface area contributed by atoms with Gasteiger partial charge < -0.3 is 14.6 Å². The number of hydrogen-bond donors (Lipinski definition) is 1. The highest BCUT2D eigenvalue weighted by atomic mass is 16.5. The van der Waals surface area contributed by atoms with Gasteiger partial charge in [-0.1, -0.05) is 0 Å². The van der Waals surface area contributed by atoms with E-state index in [4.69, 9.17) is 4.74 Å². The highest BCUT2D eigenvalue weighted by Crippen LogP contribution is 2.02. The molecule has 0 aliphatic heterocycles.